The fraction of sp³-hybridized carbons (Fsp3) is 0.417. The van der Waals surface area contributed by atoms with Crippen LogP contribution in [0, 0.1) is 0 Å². The van der Waals surface area contributed by atoms with E-state index in [9.17, 15) is 13.2 Å². The van der Waals surface area contributed by atoms with Gasteiger partial charge in [0.15, 0.2) is 0 Å². The third-order valence-corrected chi connectivity index (χ3v) is 3.44. The van der Waals surface area contributed by atoms with Gasteiger partial charge >= 0.3 is 0 Å². The smallest absolute Gasteiger partial charge is 0.287 e. The van der Waals surface area contributed by atoms with Gasteiger partial charge in [-0.15, -0.1) is 4.72 Å². The maximum Gasteiger partial charge on any atom is 0.287 e. The molecular weight excluding hydrogens is 254 g/mol. The van der Waals surface area contributed by atoms with Gasteiger partial charge in [-0.1, -0.05) is 13.0 Å². The summed E-state index contributed by atoms with van der Waals surface area (Å²) in [6, 6.07) is 6.31. The van der Waals surface area contributed by atoms with Crippen LogP contribution < -0.4 is 9.46 Å². The van der Waals surface area contributed by atoms with Gasteiger partial charge < -0.3 is 4.74 Å². The molecule has 5 nitrogen and oxygen atoms in total. The second-order valence-corrected chi connectivity index (χ2v) is 5.40. The summed E-state index contributed by atoms with van der Waals surface area (Å²) in [5.41, 5.74) is 0.209. The van der Waals surface area contributed by atoms with E-state index in [4.69, 9.17) is 4.74 Å². The van der Waals surface area contributed by atoms with E-state index in [0.29, 0.717) is 18.8 Å². The van der Waals surface area contributed by atoms with Gasteiger partial charge in [-0.25, -0.2) is 8.42 Å². The molecule has 1 rings (SSSR count). The van der Waals surface area contributed by atoms with Crippen molar-refractivity contribution in [2.24, 2.45) is 0 Å². The first-order chi connectivity index (χ1) is 8.48. The molecular formula is C12H16NO4S. The predicted octanol–water partition coefficient (Wildman–Crippen LogP) is 1.57. The third-order valence-electron chi connectivity index (χ3n) is 2.08. The minimum Gasteiger partial charge on any atom is -0.494 e. The number of sulfonamides is 1. The highest BCUT2D eigenvalue weighted by Crippen LogP contribution is 2.13. The Balaban J connectivity index is 2.81. The van der Waals surface area contributed by atoms with Crippen molar-refractivity contribution in [3.63, 3.8) is 0 Å². The number of hydrogen-bond donors (Lipinski definition) is 0. The van der Waals surface area contributed by atoms with Gasteiger partial charge in [0.25, 0.3) is 15.9 Å². The fourth-order valence-electron chi connectivity index (χ4n) is 1.37. The second kappa shape index (κ2) is 6.39. The lowest BCUT2D eigenvalue weighted by molar-refractivity contribution is 0.0977. The third kappa shape index (κ3) is 4.37. The Bertz CT molecular complexity index is 511. The van der Waals surface area contributed by atoms with Gasteiger partial charge in [0.1, 0.15) is 5.75 Å². The van der Waals surface area contributed by atoms with Crippen LogP contribution in [0.5, 0.6) is 5.75 Å². The monoisotopic (exact) mass is 270 g/mol. The Labute approximate surface area is 107 Å². The minimum absolute atomic E-state index is 0.121. The largest absolute Gasteiger partial charge is 0.494 e. The molecule has 0 heterocycles. The van der Waals surface area contributed by atoms with Crippen LogP contribution in [0.15, 0.2) is 24.3 Å². The molecule has 18 heavy (non-hydrogen) atoms. The molecule has 0 N–H and O–H groups in total. The number of hydrogen-bond acceptors (Lipinski definition) is 4. The SMILES string of the molecule is CCCS(=O)(=O)[N]C(=O)c1cccc(OCC)c1. The van der Waals surface area contributed by atoms with Crippen molar-refractivity contribution in [2.75, 3.05) is 12.4 Å². The molecule has 0 spiro atoms. The Hall–Kier alpha value is -1.56. The summed E-state index contributed by atoms with van der Waals surface area (Å²) >= 11 is 0. The highest BCUT2D eigenvalue weighted by Gasteiger charge is 2.18. The summed E-state index contributed by atoms with van der Waals surface area (Å²) in [4.78, 5) is 11.7. The average Bonchev–Trinajstić information content (AvgIpc) is 2.29. The standard InChI is InChI=1S/C12H16NO4S/c1-3-8-18(15,16)13-12(14)10-6-5-7-11(9-10)17-4-2/h5-7,9H,3-4,8H2,1-2H3. The number of rotatable bonds is 6. The molecule has 0 saturated heterocycles. The van der Waals surface area contributed by atoms with E-state index in [1.165, 1.54) is 12.1 Å². The molecule has 6 heteroatoms. The summed E-state index contributed by atoms with van der Waals surface area (Å²) in [5, 5.41) is 0. The molecule has 1 aromatic rings. The molecule has 99 valence electrons. The van der Waals surface area contributed by atoms with Gasteiger partial charge in [-0.05, 0) is 31.5 Å². The van der Waals surface area contributed by atoms with Crippen LogP contribution in [0.4, 0.5) is 0 Å². The van der Waals surface area contributed by atoms with Crippen LogP contribution in [0.25, 0.3) is 0 Å². The maximum absolute atomic E-state index is 11.7. The zero-order valence-electron chi connectivity index (χ0n) is 10.4. The van der Waals surface area contributed by atoms with Crippen LogP contribution in [0.2, 0.25) is 0 Å². The van der Waals surface area contributed by atoms with Crippen LogP contribution in [0.3, 0.4) is 0 Å². The lowest BCUT2D eigenvalue weighted by atomic mass is 10.2. The summed E-state index contributed by atoms with van der Waals surface area (Å²) in [6.07, 6.45) is 0.429. The van der Waals surface area contributed by atoms with Gasteiger partial charge in [0.05, 0.1) is 12.4 Å². The zero-order chi connectivity index (χ0) is 13.6. The van der Waals surface area contributed by atoms with Crippen molar-refractivity contribution in [3.8, 4) is 5.75 Å². The van der Waals surface area contributed by atoms with E-state index < -0.39 is 15.9 Å². The lowest BCUT2D eigenvalue weighted by Crippen LogP contribution is -2.25. The molecule has 0 aliphatic rings. The molecule has 0 saturated carbocycles. The first-order valence-electron chi connectivity index (χ1n) is 5.71. The molecule has 0 fully saturated rings. The van der Waals surface area contributed by atoms with E-state index in [-0.39, 0.29) is 11.3 Å². The van der Waals surface area contributed by atoms with Gasteiger partial charge in [-0.3, -0.25) is 4.79 Å². The average molecular weight is 270 g/mol. The molecule has 1 amide bonds. The quantitative estimate of drug-likeness (QED) is 0.786. The number of benzene rings is 1. The second-order valence-electron chi connectivity index (χ2n) is 3.64. The molecule has 0 unspecified atom stereocenters. The van der Waals surface area contributed by atoms with E-state index in [0.717, 1.165) is 0 Å². The highest BCUT2D eigenvalue weighted by atomic mass is 32.2. The summed E-state index contributed by atoms with van der Waals surface area (Å²) in [7, 11) is -3.67. The van der Waals surface area contributed by atoms with Crippen molar-refractivity contribution in [1.29, 1.82) is 0 Å². The van der Waals surface area contributed by atoms with Crippen LogP contribution in [-0.4, -0.2) is 26.7 Å². The highest BCUT2D eigenvalue weighted by molar-refractivity contribution is 7.89. The molecule has 0 aliphatic carbocycles. The number of carbonyl (C=O) groups is 1. The van der Waals surface area contributed by atoms with Crippen molar-refractivity contribution in [1.82, 2.24) is 4.72 Å². The first-order valence-corrected chi connectivity index (χ1v) is 7.32. The molecule has 0 bridgehead atoms. The molecule has 1 radical (unpaired) electrons. The first kappa shape index (κ1) is 14.5. The number of amides is 1. The molecule has 0 atom stereocenters. The van der Waals surface area contributed by atoms with Crippen LogP contribution >= 0.6 is 0 Å². The van der Waals surface area contributed by atoms with Crippen molar-refractivity contribution < 1.29 is 17.9 Å². The van der Waals surface area contributed by atoms with Crippen molar-refractivity contribution in [3.05, 3.63) is 29.8 Å². The number of nitrogens with zero attached hydrogens (tertiary/aromatic N) is 1. The molecule has 0 aromatic heterocycles. The van der Waals surface area contributed by atoms with E-state index >= 15 is 0 Å². The normalized spacial score (nSPS) is 11.0. The van der Waals surface area contributed by atoms with Gasteiger partial charge in [-0.2, -0.15) is 0 Å². The summed E-state index contributed by atoms with van der Waals surface area (Å²) < 4.78 is 31.3. The predicted molar refractivity (Wildman–Crippen MR) is 68.2 cm³/mol. The lowest BCUT2D eigenvalue weighted by Gasteiger charge is -2.05. The Morgan fingerprint density at radius 3 is 2.67 bits per heavy atom. The maximum atomic E-state index is 11.7. The number of carbonyl (C=O) groups excluding carboxylic acids is 1. The van der Waals surface area contributed by atoms with Gasteiger partial charge in [0, 0.05) is 5.56 Å². The van der Waals surface area contributed by atoms with Gasteiger partial charge in [0.2, 0.25) is 0 Å². The fourth-order valence-corrected chi connectivity index (χ4v) is 2.33. The van der Waals surface area contributed by atoms with Crippen LogP contribution in [0.1, 0.15) is 30.6 Å². The van der Waals surface area contributed by atoms with Crippen LogP contribution in [-0.2, 0) is 10.0 Å². The van der Waals surface area contributed by atoms with E-state index in [2.05, 4.69) is 4.72 Å². The van der Waals surface area contributed by atoms with E-state index in [1.807, 2.05) is 6.92 Å². The molecule has 1 aromatic carbocycles. The van der Waals surface area contributed by atoms with E-state index in [1.54, 1.807) is 19.1 Å². The summed E-state index contributed by atoms with van der Waals surface area (Å²) in [6.45, 7) is 4.01. The zero-order valence-corrected chi connectivity index (χ0v) is 11.2. The van der Waals surface area contributed by atoms with Crippen molar-refractivity contribution >= 4 is 15.9 Å². The topological polar surface area (TPSA) is 74.5 Å². The van der Waals surface area contributed by atoms with Crippen molar-refractivity contribution in [2.45, 2.75) is 20.3 Å². The number of ether oxygens (including phenoxy) is 1. The minimum atomic E-state index is -3.67. The Kier molecular flexibility index (Phi) is 5.15. The molecule has 0 aliphatic heterocycles. The summed E-state index contributed by atoms with van der Waals surface area (Å²) in [5.74, 6) is -0.361. The Morgan fingerprint density at radius 2 is 2.06 bits per heavy atom. The Morgan fingerprint density at radius 1 is 1.33 bits per heavy atom.